The van der Waals surface area contributed by atoms with Gasteiger partial charge in [-0.05, 0) is 43.2 Å². The molecule has 2 heterocycles. The normalized spacial score (nSPS) is 14.5. The van der Waals surface area contributed by atoms with Gasteiger partial charge in [-0.1, -0.05) is 23.2 Å². The van der Waals surface area contributed by atoms with E-state index in [2.05, 4.69) is 9.71 Å². The van der Waals surface area contributed by atoms with Gasteiger partial charge >= 0.3 is 0 Å². The maximum Gasteiger partial charge on any atom is 0.264 e. The van der Waals surface area contributed by atoms with Crippen LogP contribution in [0, 0.1) is 5.82 Å². The second-order valence-corrected chi connectivity index (χ2v) is 9.20. The lowest BCUT2D eigenvalue weighted by atomic mass is 10.2. The van der Waals surface area contributed by atoms with Crippen molar-refractivity contribution in [2.24, 2.45) is 0 Å². The number of sulfonamides is 1. The molecule has 0 spiro atoms. The average Bonchev–Trinajstić information content (AvgIpc) is 3.34. The fourth-order valence-corrected chi connectivity index (χ4v) is 5.10. The second-order valence-electron chi connectivity index (χ2n) is 6.73. The number of halogens is 3. The third-order valence-electron chi connectivity index (χ3n) is 4.84. The highest BCUT2D eigenvalue weighted by Crippen LogP contribution is 2.35. The molecule has 1 aromatic heterocycles. The third kappa shape index (κ3) is 3.68. The highest BCUT2D eigenvalue weighted by Gasteiger charge is 2.25. The molecule has 1 saturated heterocycles. The molecular weight excluding hydrogens is 440 g/mol. The van der Waals surface area contributed by atoms with Crippen LogP contribution in [0.15, 0.2) is 41.4 Å². The number of benzene rings is 2. The molecular formula is C19H16Cl2FN3O3S. The van der Waals surface area contributed by atoms with E-state index in [-0.39, 0.29) is 17.2 Å². The minimum Gasteiger partial charge on any atom is -0.358 e. The van der Waals surface area contributed by atoms with Gasteiger partial charge in [0.2, 0.25) is 0 Å². The standard InChI is InChI=1S/C19H16Cl2FN3O3S/c20-12-4-5-15(18-17(12)13(21)10-23-18)24-29(27,28)16-6-3-11(9-14(16)22)19(26)25-7-1-2-8-25/h3-6,9-10,23-24H,1-2,7-8H2. The highest BCUT2D eigenvalue weighted by molar-refractivity contribution is 7.92. The van der Waals surface area contributed by atoms with Gasteiger partial charge in [0, 0.05) is 30.2 Å². The first-order valence-corrected chi connectivity index (χ1v) is 11.1. The Morgan fingerprint density at radius 1 is 1.10 bits per heavy atom. The molecule has 0 bridgehead atoms. The number of anilines is 1. The molecule has 0 aliphatic carbocycles. The van der Waals surface area contributed by atoms with Crippen LogP contribution in [0.5, 0.6) is 0 Å². The predicted molar refractivity (Wildman–Crippen MR) is 111 cm³/mol. The topological polar surface area (TPSA) is 82.3 Å². The van der Waals surface area contributed by atoms with E-state index in [1.165, 1.54) is 24.4 Å². The molecule has 152 valence electrons. The highest BCUT2D eigenvalue weighted by atomic mass is 35.5. The molecule has 2 aromatic carbocycles. The quantitative estimate of drug-likeness (QED) is 0.600. The van der Waals surface area contributed by atoms with Crippen molar-refractivity contribution in [3.63, 3.8) is 0 Å². The number of hydrogen-bond donors (Lipinski definition) is 2. The molecule has 29 heavy (non-hydrogen) atoms. The number of H-pyrrole nitrogens is 1. The Bertz CT molecular complexity index is 1220. The summed E-state index contributed by atoms with van der Waals surface area (Å²) >= 11 is 12.2. The maximum atomic E-state index is 14.6. The smallest absolute Gasteiger partial charge is 0.264 e. The number of carbonyl (C=O) groups excluding carboxylic acids is 1. The van der Waals surface area contributed by atoms with E-state index in [4.69, 9.17) is 23.2 Å². The minimum atomic E-state index is -4.26. The zero-order valence-electron chi connectivity index (χ0n) is 15.0. The zero-order chi connectivity index (χ0) is 20.8. The number of likely N-dealkylation sites (tertiary alicyclic amines) is 1. The number of carbonyl (C=O) groups is 1. The lowest BCUT2D eigenvalue weighted by Gasteiger charge is -2.16. The summed E-state index contributed by atoms with van der Waals surface area (Å²) in [5, 5.41) is 1.15. The number of nitrogens with one attached hydrogen (secondary N) is 2. The molecule has 0 atom stereocenters. The van der Waals surface area contributed by atoms with Crippen LogP contribution >= 0.6 is 23.2 Å². The number of rotatable bonds is 4. The molecule has 1 fully saturated rings. The molecule has 0 unspecified atom stereocenters. The van der Waals surface area contributed by atoms with Gasteiger partial charge in [-0.25, -0.2) is 12.8 Å². The van der Waals surface area contributed by atoms with E-state index in [9.17, 15) is 17.6 Å². The van der Waals surface area contributed by atoms with Gasteiger partial charge in [0.25, 0.3) is 15.9 Å². The van der Waals surface area contributed by atoms with Crippen LogP contribution in [0.2, 0.25) is 10.0 Å². The van der Waals surface area contributed by atoms with E-state index in [0.29, 0.717) is 34.0 Å². The van der Waals surface area contributed by atoms with Crippen molar-refractivity contribution in [1.29, 1.82) is 0 Å². The largest absolute Gasteiger partial charge is 0.358 e. The Kier molecular flexibility index (Phi) is 5.18. The third-order valence-corrected chi connectivity index (χ3v) is 6.85. The molecule has 6 nitrogen and oxygen atoms in total. The molecule has 1 aliphatic rings. The fourth-order valence-electron chi connectivity index (χ4n) is 3.41. The number of aromatic amines is 1. The monoisotopic (exact) mass is 455 g/mol. The van der Waals surface area contributed by atoms with Crippen LogP contribution in [-0.2, 0) is 10.0 Å². The summed E-state index contributed by atoms with van der Waals surface area (Å²) in [6.45, 7) is 1.24. The van der Waals surface area contributed by atoms with E-state index in [1.807, 2.05) is 0 Å². The van der Waals surface area contributed by atoms with Gasteiger partial charge in [-0.15, -0.1) is 0 Å². The summed E-state index contributed by atoms with van der Waals surface area (Å²) in [5.74, 6) is -1.31. The van der Waals surface area contributed by atoms with Crippen molar-refractivity contribution in [2.75, 3.05) is 17.8 Å². The molecule has 3 aromatic rings. The number of nitrogens with zero attached hydrogens (tertiary/aromatic N) is 1. The van der Waals surface area contributed by atoms with E-state index >= 15 is 0 Å². The van der Waals surface area contributed by atoms with E-state index < -0.39 is 20.7 Å². The molecule has 0 saturated carbocycles. The minimum absolute atomic E-state index is 0.119. The summed E-state index contributed by atoms with van der Waals surface area (Å²) in [6.07, 6.45) is 3.29. The predicted octanol–water partition coefficient (Wildman–Crippen LogP) is 4.65. The van der Waals surface area contributed by atoms with Crippen molar-refractivity contribution >= 4 is 55.7 Å². The molecule has 1 amide bonds. The Morgan fingerprint density at radius 3 is 2.52 bits per heavy atom. The summed E-state index contributed by atoms with van der Waals surface area (Å²) in [4.78, 5) is 16.3. The van der Waals surface area contributed by atoms with Gasteiger partial charge < -0.3 is 9.88 Å². The van der Waals surface area contributed by atoms with Crippen molar-refractivity contribution in [3.8, 4) is 0 Å². The van der Waals surface area contributed by atoms with Crippen molar-refractivity contribution in [2.45, 2.75) is 17.7 Å². The SMILES string of the molecule is O=C(c1ccc(S(=O)(=O)Nc2ccc(Cl)c3c(Cl)c[nH]c23)c(F)c1)N1CCCC1. The number of amides is 1. The summed E-state index contributed by atoms with van der Waals surface area (Å²) < 4.78 is 42.5. The average molecular weight is 456 g/mol. The van der Waals surface area contributed by atoms with E-state index in [0.717, 1.165) is 25.0 Å². The van der Waals surface area contributed by atoms with Crippen LogP contribution < -0.4 is 4.72 Å². The van der Waals surface area contributed by atoms with Gasteiger partial charge in [0.15, 0.2) is 0 Å². The van der Waals surface area contributed by atoms with E-state index in [1.54, 1.807) is 4.90 Å². The Balaban J connectivity index is 1.66. The van der Waals surface area contributed by atoms with Crippen molar-refractivity contribution in [1.82, 2.24) is 9.88 Å². The van der Waals surface area contributed by atoms with Gasteiger partial charge in [-0.2, -0.15) is 0 Å². The summed E-state index contributed by atoms with van der Waals surface area (Å²) in [6, 6.07) is 6.32. The van der Waals surface area contributed by atoms with Crippen molar-refractivity contribution < 1.29 is 17.6 Å². The van der Waals surface area contributed by atoms with Crippen LogP contribution in [-0.4, -0.2) is 37.3 Å². The second kappa shape index (κ2) is 7.51. The molecule has 10 heteroatoms. The lowest BCUT2D eigenvalue weighted by molar-refractivity contribution is 0.0792. The first kappa shape index (κ1) is 20.0. The molecule has 4 rings (SSSR count). The molecule has 0 radical (unpaired) electrons. The lowest BCUT2D eigenvalue weighted by Crippen LogP contribution is -2.27. The van der Waals surface area contributed by atoms with Gasteiger partial charge in [0.1, 0.15) is 10.7 Å². The van der Waals surface area contributed by atoms with Gasteiger partial charge in [0.05, 0.1) is 21.2 Å². The summed E-state index contributed by atoms with van der Waals surface area (Å²) in [5.41, 5.74) is 0.675. The summed E-state index contributed by atoms with van der Waals surface area (Å²) in [7, 11) is -4.26. The first-order chi connectivity index (χ1) is 13.8. The first-order valence-electron chi connectivity index (χ1n) is 8.84. The van der Waals surface area contributed by atoms with Crippen LogP contribution in [0.25, 0.3) is 10.9 Å². The fraction of sp³-hybridized carbons (Fsp3) is 0.211. The van der Waals surface area contributed by atoms with Crippen LogP contribution in [0.4, 0.5) is 10.1 Å². The zero-order valence-corrected chi connectivity index (χ0v) is 17.3. The number of aromatic nitrogens is 1. The van der Waals surface area contributed by atoms with Gasteiger partial charge in [-0.3, -0.25) is 9.52 Å². The van der Waals surface area contributed by atoms with Crippen LogP contribution in [0.3, 0.4) is 0 Å². The Morgan fingerprint density at radius 2 is 1.83 bits per heavy atom. The Labute approximate surface area is 176 Å². The van der Waals surface area contributed by atoms with Crippen LogP contribution in [0.1, 0.15) is 23.2 Å². The Hall–Kier alpha value is -2.29. The number of hydrogen-bond acceptors (Lipinski definition) is 3. The molecule has 1 aliphatic heterocycles. The van der Waals surface area contributed by atoms with Crippen molar-refractivity contribution in [3.05, 3.63) is 58.0 Å². The maximum absolute atomic E-state index is 14.6. The molecule has 2 N–H and O–H groups in total. The number of fused-ring (bicyclic) bond motifs is 1.